The maximum absolute atomic E-state index is 13.0. The maximum Gasteiger partial charge on any atom is 0.270 e. The molecular weight excluding hydrogens is 364 g/mol. The van der Waals surface area contributed by atoms with Crippen LogP contribution in [0.4, 0.5) is 5.69 Å². The van der Waals surface area contributed by atoms with E-state index in [1.165, 1.54) is 10.6 Å². The van der Waals surface area contributed by atoms with E-state index in [4.69, 9.17) is 0 Å². The van der Waals surface area contributed by atoms with Gasteiger partial charge in [-0.1, -0.05) is 48.0 Å². The van der Waals surface area contributed by atoms with Gasteiger partial charge in [0.2, 0.25) is 5.91 Å². The van der Waals surface area contributed by atoms with E-state index in [2.05, 4.69) is 34.3 Å². The molecule has 6 nitrogen and oxygen atoms in total. The van der Waals surface area contributed by atoms with E-state index in [1.54, 1.807) is 0 Å². The molecule has 4 rings (SSSR count). The van der Waals surface area contributed by atoms with Crippen molar-refractivity contribution >= 4 is 23.2 Å². The van der Waals surface area contributed by atoms with Crippen LogP contribution in [0.25, 0.3) is 0 Å². The maximum atomic E-state index is 13.0. The zero-order chi connectivity index (χ0) is 20.2. The first-order chi connectivity index (χ1) is 14.1. The Labute approximate surface area is 171 Å². The Balaban J connectivity index is 1.39. The third-order valence-corrected chi connectivity index (χ3v) is 5.47. The van der Waals surface area contributed by atoms with E-state index in [0.717, 1.165) is 25.2 Å². The molecule has 150 valence electrons. The molecule has 0 N–H and O–H groups in total. The van der Waals surface area contributed by atoms with Gasteiger partial charge in [-0.2, -0.15) is 5.10 Å². The van der Waals surface area contributed by atoms with Gasteiger partial charge in [-0.3, -0.25) is 14.5 Å². The van der Waals surface area contributed by atoms with Crippen molar-refractivity contribution in [1.82, 2.24) is 9.80 Å². The van der Waals surface area contributed by atoms with Crippen LogP contribution in [0, 0.1) is 6.92 Å². The molecule has 0 spiro atoms. The monoisotopic (exact) mass is 390 g/mol. The van der Waals surface area contributed by atoms with E-state index >= 15 is 0 Å². The minimum atomic E-state index is -0.0712. The van der Waals surface area contributed by atoms with Crippen LogP contribution >= 0.6 is 0 Å². The van der Waals surface area contributed by atoms with Crippen molar-refractivity contribution in [3.05, 3.63) is 65.7 Å². The average Bonchev–Trinajstić information content (AvgIpc) is 2.76. The molecular formula is C23H26N4O2. The first-order valence-electron chi connectivity index (χ1n) is 10.1. The van der Waals surface area contributed by atoms with E-state index in [-0.39, 0.29) is 11.8 Å². The molecule has 29 heavy (non-hydrogen) atoms. The second-order valence-corrected chi connectivity index (χ2v) is 7.64. The molecule has 0 aromatic heterocycles. The number of anilines is 1. The van der Waals surface area contributed by atoms with Gasteiger partial charge in [0.05, 0.1) is 5.69 Å². The summed E-state index contributed by atoms with van der Waals surface area (Å²) in [6.45, 7) is 5.95. The van der Waals surface area contributed by atoms with Gasteiger partial charge in [-0.25, -0.2) is 5.01 Å². The van der Waals surface area contributed by atoms with Crippen LogP contribution in [0.5, 0.6) is 0 Å². The summed E-state index contributed by atoms with van der Waals surface area (Å²) in [5.74, 6) is -0.118. The lowest BCUT2D eigenvalue weighted by molar-refractivity contribution is -0.126. The summed E-state index contributed by atoms with van der Waals surface area (Å²) in [6.07, 6.45) is 0.719. The number of benzene rings is 2. The molecule has 2 aliphatic rings. The van der Waals surface area contributed by atoms with Crippen LogP contribution in [-0.2, 0) is 16.1 Å². The molecule has 0 radical (unpaired) electrons. The molecule has 2 aromatic rings. The van der Waals surface area contributed by atoms with Crippen molar-refractivity contribution in [3.8, 4) is 0 Å². The van der Waals surface area contributed by atoms with Crippen molar-refractivity contribution in [2.24, 2.45) is 5.10 Å². The van der Waals surface area contributed by atoms with Crippen molar-refractivity contribution in [1.29, 1.82) is 0 Å². The highest BCUT2D eigenvalue weighted by molar-refractivity contribution is 6.40. The Morgan fingerprint density at radius 1 is 0.931 bits per heavy atom. The third kappa shape index (κ3) is 4.54. The quantitative estimate of drug-likeness (QED) is 0.807. The van der Waals surface area contributed by atoms with Crippen LogP contribution in [-0.4, -0.2) is 53.5 Å². The Bertz CT molecular complexity index is 900. The molecule has 0 aliphatic carbocycles. The van der Waals surface area contributed by atoms with Crippen LogP contribution in [0.15, 0.2) is 59.7 Å². The second-order valence-electron chi connectivity index (χ2n) is 7.64. The minimum absolute atomic E-state index is 0.0472. The number of hydrogen-bond acceptors (Lipinski definition) is 4. The number of carbonyl (C=O) groups excluding carboxylic acids is 2. The van der Waals surface area contributed by atoms with Gasteiger partial charge >= 0.3 is 0 Å². The van der Waals surface area contributed by atoms with Gasteiger partial charge in [-0.05, 0) is 24.6 Å². The second kappa shape index (κ2) is 8.57. The number of hydrazone groups is 1. The summed E-state index contributed by atoms with van der Waals surface area (Å²) in [5.41, 5.74) is 3.59. The van der Waals surface area contributed by atoms with Gasteiger partial charge in [-0.15, -0.1) is 0 Å². The average molecular weight is 390 g/mol. The molecule has 2 aromatic carbocycles. The zero-order valence-electron chi connectivity index (χ0n) is 16.8. The van der Waals surface area contributed by atoms with Gasteiger partial charge in [0, 0.05) is 45.6 Å². The van der Waals surface area contributed by atoms with E-state index in [1.807, 2.05) is 42.2 Å². The summed E-state index contributed by atoms with van der Waals surface area (Å²) in [7, 11) is 0. The molecule has 0 unspecified atom stereocenters. The van der Waals surface area contributed by atoms with Crippen LogP contribution in [0.2, 0.25) is 0 Å². The first kappa shape index (κ1) is 19.3. The van der Waals surface area contributed by atoms with Crippen LogP contribution in [0.1, 0.15) is 24.0 Å². The zero-order valence-corrected chi connectivity index (χ0v) is 16.8. The Kier molecular flexibility index (Phi) is 5.71. The summed E-state index contributed by atoms with van der Waals surface area (Å²) in [4.78, 5) is 29.6. The lowest BCUT2D eigenvalue weighted by Crippen LogP contribution is -2.51. The Morgan fingerprint density at radius 3 is 2.31 bits per heavy atom. The number of carbonyl (C=O) groups is 2. The summed E-state index contributed by atoms with van der Waals surface area (Å²) in [5, 5.41) is 5.80. The highest BCUT2D eigenvalue weighted by Gasteiger charge is 2.30. The fourth-order valence-corrected chi connectivity index (χ4v) is 3.73. The van der Waals surface area contributed by atoms with Gasteiger partial charge in [0.15, 0.2) is 0 Å². The van der Waals surface area contributed by atoms with Crippen molar-refractivity contribution in [3.63, 3.8) is 0 Å². The number of nitrogens with zero attached hydrogens (tertiary/aromatic N) is 4. The van der Waals surface area contributed by atoms with E-state index < -0.39 is 0 Å². The van der Waals surface area contributed by atoms with Gasteiger partial charge in [0.1, 0.15) is 5.71 Å². The van der Waals surface area contributed by atoms with Gasteiger partial charge < -0.3 is 4.90 Å². The smallest absolute Gasteiger partial charge is 0.270 e. The predicted octanol–water partition coefficient (Wildman–Crippen LogP) is 2.82. The number of piperazine rings is 1. The van der Waals surface area contributed by atoms with Crippen LogP contribution < -0.4 is 5.01 Å². The van der Waals surface area contributed by atoms with Crippen molar-refractivity contribution < 1.29 is 9.59 Å². The predicted molar refractivity (Wildman–Crippen MR) is 114 cm³/mol. The SMILES string of the molecule is Cc1ccc(N2N=C(C(=O)N3CCN(Cc4ccccc4)CC3)CCC2=O)cc1. The largest absolute Gasteiger partial charge is 0.335 e. The van der Waals surface area contributed by atoms with E-state index in [9.17, 15) is 9.59 Å². The normalized spacial score (nSPS) is 18.0. The molecule has 0 bridgehead atoms. The highest BCUT2D eigenvalue weighted by atomic mass is 16.2. The molecule has 0 saturated carbocycles. The summed E-state index contributed by atoms with van der Waals surface area (Å²) in [6, 6.07) is 18.0. The number of rotatable bonds is 4. The first-order valence-corrected chi connectivity index (χ1v) is 10.1. The lowest BCUT2D eigenvalue weighted by Gasteiger charge is -2.35. The molecule has 0 atom stereocenters. The summed E-state index contributed by atoms with van der Waals surface area (Å²) < 4.78 is 0. The van der Waals surface area contributed by atoms with E-state index in [0.29, 0.717) is 37.3 Å². The highest BCUT2D eigenvalue weighted by Crippen LogP contribution is 2.21. The topological polar surface area (TPSA) is 56.2 Å². The number of hydrogen-bond donors (Lipinski definition) is 0. The standard InChI is InChI=1S/C23H26N4O2/c1-18-7-9-20(10-8-18)27-22(28)12-11-21(24-27)23(29)26-15-13-25(14-16-26)17-19-5-3-2-4-6-19/h2-10H,11-17H2,1H3. The van der Waals surface area contributed by atoms with Crippen molar-refractivity contribution in [2.45, 2.75) is 26.3 Å². The van der Waals surface area contributed by atoms with Crippen molar-refractivity contribution in [2.75, 3.05) is 31.2 Å². The summed E-state index contributed by atoms with van der Waals surface area (Å²) >= 11 is 0. The molecule has 1 saturated heterocycles. The van der Waals surface area contributed by atoms with Gasteiger partial charge in [0.25, 0.3) is 5.91 Å². The fraction of sp³-hybridized carbons (Fsp3) is 0.348. The molecule has 2 heterocycles. The minimum Gasteiger partial charge on any atom is -0.335 e. The Morgan fingerprint density at radius 2 is 1.62 bits per heavy atom. The van der Waals surface area contributed by atoms with Crippen LogP contribution in [0.3, 0.4) is 0 Å². The molecule has 2 aliphatic heterocycles. The molecule has 2 amide bonds. The lowest BCUT2D eigenvalue weighted by atomic mass is 10.1. The molecule has 1 fully saturated rings. The number of amides is 2. The number of aryl methyl sites for hydroxylation is 1. The molecule has 6 heteroatoms. The fourth-order valence-electron chi connectivity index (χ4n) is 3.73. The Hall–Kier alpha value is -2.99. The third-order valence-electron chi connectivity index (χ3n) is 5.47.